The standard InChI is InChI=1S/C11H14O3/c1-4-7(2)8-5-10(13)11(14-3)6-9(8)12/h5-7H,4H2,1-3H3. The van der Waals surface area contributed by atoms with Crippen LogP contribution in [0.25, 0.3) is 0 Å². The highest BCUT2D eigenvalue weighted by Crippen LogP contribution is 2.21. The molecule has 0 saturated carbocycles. The topological polar surface area (TPSA) is 43.4 Å². The van der Waals surface area contributed by atoms with Gasteiger partial charge < -0.3 is 4.74 Å². The summed E-state index contributed by atoms with van der Waals surface area (Å²) in [5.41, 5.74) is 0.582. The molecule has 0 saturated heterocycles. The van der Waals surface area contributed by atoms with Crippen LogP contribution in [0, 0.1) is 5.92 Å². The van der Waals surface area contributed by atoms with Crippen LogP contribution in [-0.2, 0) is 14.3 Å². The Morgan fingerprint density at radius 1 is 1.29 bits per heavy atom. The van der Waals surface area contributed by atoms with E-state index in [1.165, 1.54) is 19.3 Å². The van der Waals surface area contributed by atoms with Gasteiger partial charge in [-0.05, 0) is 18.4 Å². The molecule has 0 aliphatic heterocycles. The second-order valence-corrected chi connectivity index (χ2v) is 3.35. The lowest BCUT2D eigenvalue weighted by Crippen LogP contribution is -2.18. The van der Waals surface area contributed by atoms with E-state index in [2.05, 4.69) is 0 Å². The van der Waals surface area contributed by atoms with E-state index >= 15 is 0 Å². The van der Waals surface area contributed by atoms with Crippen LogP contribution >= 0.6 is 0 Å². The fourth-order valence-corrected chi connectivity index (χ4v) is 1.32. The van der Waals surface area contributed by atoms with Crippen LogP contribution < -0.4 is 0 Å². The van der Waals surface area contributed by atoms with E-state index in [-0.39, 0.29) is 23.2 Å². The lowest BCUT2D eigenvalue weighted by atomic mass is 9.90. The Hall–Kier alpha value is -1.38. The summed E-state index contributed by atoms with van der Waals surface area (Å²) >= 11 is 0. The van der Waals surface area contributed by atoms with Crippen LogP contribution in [-0.4, -0.2) is 18.7 Å². The molecule has 0 heterocycles. The van der Waals surface area contributed by atoms with Crippen molar-refractivity contribution in [3.63, 3.8) is 0 Å². The first kappa shape index (κ1) is 10.7. The summed E-state index contributed by atoms with van der Waals surface area (Å²) in [4.78, 5) is 22.9. The largest absolute Gasteiger partial charge is 0.493 e. The quantitative estimate of drug-likeness (QED) is 0.641. The highest BCUT2D eigenvalue weighted by atomic mass is 16.5. The van der Waals surface area contributed by atoms with Crippen molar-refractivity contribution in [3.05, 3.63) is 23.5 Å². The first-order valence-corrected chi connectivity index (χ1v) is 4.66. The van der Waals surface area contributed by atoms with Crippen LogP contribution in [0.1, 0.15) is 20.3 Å². The molecule has 0 N–H and O–H groups in total. The summed E-state index contributed by atoms with van der Waals surface area (Å²) in [6.07, 6.45) is 3.50. The molecule has 0 amide bonds. The Balaban J connectivity index is 2.94. The van der Waals surface area contributed by atoms with Gasteiger partial charge in [0.25, 0.3) is 0 Å². The summed E-state index contributed by atoms with van der Waals surface area (Å²) in [6.45, 7) is 3.92. The van der Waals surface area contributed by atoms with Gasteiger partial charge in [0, 0.05) is 11.6 Å². The van der Waals surface area contributed by atoms with Crippen LogP contribution in [0.3, 0.4) is 0 Å². The maximum atomic E-state index is 11.5. The van der Waals surface area contributed by atoms with E-state index in [0.29, 0.717) is 5.57 Å². The molecule has 0 aromatic heterocycles. The molecular weight excluding hydrogens is 180 g/mol. The van der Waals surface area contributed by atoms with Crippen LogP contribution in [0.5, 0.6) is 0 Å². The second-order valence-electron chi connectivity index (χ2n) is 3.35. The first-order chi connectivity index (χ1) is 6.60. The van der Waals surface area contributed by atoms with E-state index in [9.17, 15) is 9.59 Å². The van der Waals surface area contributed by atoms with E-state index in [0.717, 1.165) is 6.42 Å². The Morgan fingerprint density at radius 2 is 1.93 bits per heavy atom. The predicted octanol–water partition coefficient (Wildman–Crippen LogP) is 1.64. The molecule has 1 aliphatic rings. The molecule has 1 aliphatic carbocycles. The number of ether oxygens (including phenoxy) is 1. The summed E-state index contributed by atoms with van der Waals surface area (Å²) in [6, 6.07) is 0. The molecule has 1 rings (SSSR count). The average molecular weight is 194 g/mol. The third-order valence-corrected chi connectivity index (χ3v) is 2.44. The van der Waals surface area contributed by atoms with Crippen molar-refractivity contribution in [2.24, 2.45) is 5.92 Å². The van der Waals surface area contributed by atoms with E-state index < -0.39 is 0 Å². The molecule has 14 heavy (non-hydrogen) atoms. The normalized spacial score (nSPS) is 18.8. The van der Waals surface area contributed by atoms with Gasteiger partial charge in [0.1, 0.15) is 0 Å². The predicted molar refractivity (Wildman–Crippen MR) is 52.6 cm³/mol. The van der Waals surface area contributed by atoms with Gasteiger partial charge in [-0.15, -0.1) is 0 Å². The van der Waals surface area contributed by atoms with Crippen LogP contribution in [0.15, 0.2) is 23.5 Å². The Bertz CT molecular complexity index is 323. The molecule has 3 heteroatoms. The minimum Gasteiger partial charge on any atom is -0.493 e. The zero-order valence-corrected chi connectivity index (χ0v) is 8.66. The van der Waals surface area contributed by atoms with Crippen molar-refractivity contribution in [2.75, 3.05) is 7.11 Å². The highest BCUT2D eigenvalue weighted by molar-refractivity contribution is 6.19. The molecule has 1 atom stereocenters. The molecule has 0 fully saturated rings. The van der Waals surface area contributed by atoms with E-state index in [1.807, 2.05) is 13.8 Å². The fraction of sp³-hybridized carbons (Fsp3) is 0.455. The van der Waals surface area contributed by atoms with Gasteiger partial charge in [0.15, 0.2) is 11.5 Å². The third kappa shape index (κ3) is 1.92. The van der Waals surface area contributed by atoms with Gasteiger partial charge >= 0.3 is 0 Å². The number of methoxy groups -OCH3 is 1. The Labute approximate surface area is 83.4 Å². The minimum absolute atomic E-state index is 0.115. The SMILES string of the molecule is CCC(C)C1=CC(=O)C(OC)=CC1=O. The van der Waals surface area contributed by atoms with Gasteiger partial charge in [-0.25, -0.2) is 0 Å². The lowest BCUT2D eigenvalue weighted by Gasteiger charge is -2.15. The smallest absolute Gasteiger partial charge is 0.220 e. The summed E-state index contributed by atoms with van der Waals surface area (Å²) < 4.78 is 4.78. The maximum Gasteiger partial charge on any atom is 0.220 e. The second kappa shape index (κ2) is 4.22. The number of carbonyl (C=O) groups excluding carboxylic acids is 2. The molecule has 0 aromatic rings. The van der Waals surface area contributed by atoms with Crippen LogP contribution in [0.2, 0.25) is 0 Å². The fourth-order valence-electron chi connectivity index (χ4n) is 1.32. The first-order valence-electron chi connectivity index (χ1n) is 4.66. The van der Waals surface area contributed by atoms with E-state index in [1.54, 1.807) is 0 Å². The number of carbonyl (C=O) groups is 2. The van der Waals surface area contributed by atoms with Crippen LogP contribution in [0.4, 0.5) is 0 Å². The molecular formula is C11H14O3. The van der Waals surface area contributed by atoms with Crippen molar-refractivity contribution in [3.8, 4) is 0 Å². The Kier molecular flexibility index (Phi) is 3.23. The number of ketones is 2. The lowest BCUT2D eigenvalue weighted by molar-refractivity contribution is -0.117. The molecule has 3 nitrogen and oxygen atoms in total. The zero-order valence-electron chi connectivity index (χ0n) is 8.66. The summed E-state index contributed by atoms with van der Waals surface area (Å²) in [5, 5.41) is 0. The van der Waals surface area contributed by atoms with Crippen molar-refractivity contribution in [2.45, 2.75) is 20.3 Å². The average Bonchev–Trinajstić information content (AvgIpc) is 2.19. The van der Waals surface area contributed by atoms with Gasteiger partial charge in [0.05, 0.1) is 7.11 Å². The monoisotopic (exact) mass is 194 g/mol. The summed E-state index contributed by atoms with van der Waals surface area (Å²) in [5.74, 6) is -0.0821. The number of hydrogen-bond donors (Lipinski definition) is 0. The highest BCUT2D eigenvalue weighted by Gasteiger charge is 2.23. The molecule has 1 unspecified atom stereocenters. The van der Waals surface area contributed by atoms with Gasteiger partial charge in [-0.2, -0.15) is 0 Å². The van der Waals surface area contributed by atoms with Crippen molar-refractivity contribution >= 4 is 11.6 Å². The minimum atomic E-state index is -0.220. The van der Waals surface area contributed by atoms with Crippen molar-refractivity contribution in [1.82, 2.24) is 0 Å². The third-order valence-electron chi connectivity index (χ3n) is 2.44. The molecule has 76 valence electrons. The van der Waals surface area contributed by atoms with Gasteiger partial charge in [0.2, 0.25) is 5.78 Å². The Morgan fingerprint density at radius 3 is 2.43 bits per heavy atom. The van der Waals surface area contributed by atoms with Gasteiger partial charge in [-0.3, -0.25) is 9.59 Å². The van der Waals surface area contributed by atoms with Crippen molar-refractivity contribution in [1.29, 1.82) is 0 Å². The number of allylic oxidation sites excluding steroid dienone is 3. The molecule has 0 bridgehead atoms. The van der Waals surface area contributed by atoms with Crippen molar-refractivity contribution < 1.29 is 14.3 Å². The molecule has 0 aromatic carbocycles. The zero-order chi connectivity index (χ0) is 10.7. The van der Waals surface area contributed by atoms with E-state index in [4.69, 9.17) is 4.74 Å². The number of hydrogen-bond acceptors (Lipinski definition) is 3. The molecule has 0 radical (unpaired) electrons. The van der Waals surface area contributed by atoms with Gasteiger partial charge in [-0.1, -0.05) is 13.8 Å². The number of rotatable bonds is 3. The molecule has 0 spiro atoms. The maximum absolute atomic E-state index is 11.5. The summed E-state index contributed by atoms with van der Waals surface area (Å²) in [7, 11) is 1.39.